The fourth-order valence-corrected chi connectivity index (χ4v) is 2.11. The number of hydrogen-bond donors (Lipinski definition) is 1. The molecule has 1 aliphatic rings. The van der Waals surface area contributed by atoms with Crippen LogP contribution >= 0.6 is 0 Å². The summed E-state index contributed by atoms with van der Waals surface area (Å²) < 4.78 is 18.4. The Morgan fingerprint density at radius 2 is 2.40 bits per heavy atom. The second kappa shape index (κ2) is 6.63. The summed E-state index contributed by atoms with van der Waals surface area (Å²) in [5.74, 6) is -0.497. The van der Waals surface area contributed by atoms with Crippen LogP contribution < -0.4 is 0 Å². The third-order valence-electron chi connectivity index (χ3n) is 3.26. The van der Waals surface area contributed by atoms with Crippen molar-refractivity contribution in [3.63, 3.8) is 0 Å². The lowest BCUT2D eigenvalue weighted by atomic mass is 10.1. The van der Waals surface area contributed by atoms with Crippen LogP contribution in [0, 0.1) is 5.82 Å². The van der Waals surface area contributed by atoms with Gasteiger partial charge in [-0.1, -0.05) is 12.1 Å². The molecule has 0 aliphatic carbocycles. The highest BCUT2D eigenvalue weighted by molar-refractivity contribution is 5.92. The Hall–Kier alpha value is -1.72. The first-order valence-corrected chi connectivity index (χ1v) is 6.57. The minimum absolute atomic E-state index is 0.0394. The van der Waals surface area contributed by atoms with Crippen LogP contribution in [0.3, 0.4) is 0 Å². The number of ether oxygens (including phenoxy) is 1. The van der Waals surface area contributed by atoms with E-state index in [4.69, 9.17) is 9.84 Å². The summed E-state index contributed by atoms with van der Waals surface area (Å²) in [7, 11) is 0. The maximum atomic E-state index is 13.0. The molecule has 0 aromatic heterocycles. The summed E-state index contributed by atoms with van der Waals surface area (Å²) >= 11 is 0. The minimum Gasteiger partial charge on any atom is -0.394 e. The molecule has 0 bridgehead atoms. The molecule has 1 heterocycles. The molecule has 1 aromatic rings. The molecule has 1 aliphatic heterocycles. The van der Waals surface area contributed by atoms with Gasteiger partial charge in [-0.25, -0.2) is 4.39 Å². The highest BCUT2D eigenvalue weighted by Gasteiger charge is 2.27. The van der Waals surface area contributed by atoms with Gasteiger partial charge in [0.25, 0.3) is 0 Å². The smallest absolute Gasteiger partial charge is 0.246 e. The molecule has 0 spiro atoms. The summed E-state index contributed by atoms with van der Waals surface area (Å²) in [6.45, 7) is 2.56. The molecule has 0 saturated carbocycles. The molecule has 20 heavy (non-hydrogen) atoms. The molecular formula is C15H18FNO3. The average Bonchev–Trinajstić information content (AvgIpc) is 2.45. The zero-order valence-corrected chi connectivity index (χ0v) is 11.3. The van der Waals surface area contributed by atoms with E-state index >= 15 is 0 Å². The molecule has 1 N–H and O–H groups in total. The summed E-state index contributed by atoms with van der Waals surface area (Å²) in [6, 6.07) is 6.01. The predicted molar refractivity (Wildman–Crippen MR) is 73.4 cm³/mol. The van der Waals surface area contributed by atoms with E-state index in [9.17, 15) is 9.18 Å². The number of nitrogens with zero attached hydrogens (tertiary/aromatic N) is 1. The third-order valence-corrected chi connectivity index (χ3v) is 3.26. The summed E-state index contributed by atoms with van der Waals surface area (Å²) in [5.41, 5.74) is 0.637. The van der Waals surface area contributed by atoms with Crippen LogP contribution in [0.15, 0.2) is 30.3 Å². The number of halogens is 1. The monoisotopic (exact) mass is 279 g/mol. The van der Waals surface area contributed by atoms with E-state index in [0.717, 1.165) is 0 Å². The van der Waals surface area contributed by atoms with Gasteiger partial charge >= 0.3 is 0 Å². The number of rotatable bonds is 3. The van der Waals surface area contributed by atoms with Crippen molar-refractivity contribution >= 4 is 12.0 Å². The number of carbonyl (C=O) groups excluding carboxylic acids is 1. The number of morpholine rings is 1. The fourth-order valence-electron chi connectivity index (χ4n) is 2.11. The highest BCUT2D eigenvalue weighted by atomic mass is 19.1. The lowest BCUT2D eigenvalue weighted by molar-refractivity contribution is -0.140. The van der Waals surface area contributed by atoms with Gasteiger partial charge in [-0.15, -0.1) is 0 Å². The van der Waals surface area contributed by atoms with Crippen LogP contribution in [0.2, 0.25) is 0 Å². The van der Waals surface area contributed by atoms with E-state index in [2.05, 4.69) is 0 Å². The SMILES string of the molecule is CC1COC(CO)CN1C(=O)/C=C/c1cccc(F)c1. The van der Waals surface area contributed by atoms with Crippen LogP contribution in [-0.2, 0) is 9.53 Å². The predicted octanol–water partition coefficient (Wildman–Crippen LogP) is 1.45. The Labute approximate surface area is 117 Å². The van der Waals surface area contributed by atoms with E-state index in [1.165, 1.54) is 18.2 Å². The average molecular weight is 279 g/mol. The molecule has 1 amide bonds. The number of aliphatic hydroxyl groups excluding tert-OH is 1. The first-order chi connectivity index (χ1) is 9.60. The normalized spacial score (nSPS) is 23.2. The molecule has 2 rings (SSSR count). The molecule has 2 unspecified atom stereocenters. The van der Waals surface area contributed by atoms with Crippen LogP contribution in [-0.4, -0.2) is 47.8 Å². The number of benzene rings is 1. The lowest BCUT2D eigenvalue weighted by Crippen LogP contribution is -2.51. The van der Waals surface area contributed by atoms with Crippen LogP contribution in [0.5, 0.6) is 0 Å². The third kappa shape index (κ3) is 3.65. The van der Waals surface area contributed by atoms with Gasteiger partial charge in [-0.3, -0.25) is 4.79 Å². The Balaban J connectivity index is 2.03. The second-order valence-electron chi connectivity index (χ2n) is 4.87. The van der Waals surface area contributed by atoms with Crippen molar-refractivity contribution in [1.29, 1.82) is 0 Å². The van der Waals surface area contributed by atoms with E-state index in [1.54, 1.807) is 23.1 Å². The van der Waals surface area contributed by atoms with Gasteiger partial charge in [0.05, 0.1) is 25.4 Å². The quantitative estimate of drug-likeness (QED) is 0.852. The lowest BCUT2D eigenvalue weighted by Gasteiger charge is -2.36. The topological polar surface area (TPSA) is 49.8 Å². The first-order valence-electron chi connectivity index (χ1n) is 6.57. The molecule has 1 saturated heterocycles. The van der Waals surface area contributed by atoms with Crippen LogP contribution in [0.25, 0.3) is 6.08 Å². The van der Waals surface area contributed by atoms with E-state index < -0.39 is 0 Å². The zero-order chi connectivity index (χ0) is 14.5. The molecule has 5 heteroatoms. The largest absolute Gasteiger partial charge is 0.394 e. The minimum atomic E-state index is -0.335. The van der Waals surface area contributed by atoms with Gasteiger partial charge < -0.3 is 14.7 Å². The number of carbonyl (C=O) groups is 1. The fraction of sp³-hybridized carbons (Fsp3) is 0.400. The van der Waals surface area contributed by atoms with Crippen molar-refractivity contribution in [3.05, 3.63) is 41.7 Å². The van der Waals surface area contributed by atoms with Gasteiger partial charge in [-0.2, -0.15) is 0 Å². The molecule has 108 valence electrons. The number of hydrogen-bond acceptors (Lipinski definition) is 3. The standard InChI is InChI=1S/C15H18FNO3/c1-11-10-20-14(9-18)8-17(11)15(19)6-5-12-3-2-4-13(16)7-12/h2-7,11,14,18H,8-10H2,1H3/b6-5+. The Kier molecular flexibility index (Phi) is 4.87. The van der Waals surface area contributed by atoms with Crippen molar-refractivity contribution in [2.75, 3.05) is 19.8 Å². The summed E-state index contributed by atoms with van der Waals surface area (Å²) in [4.78, 5) is 13.8. The van der Waals surface area contributed by atoms with Gasteiger partial charge in [0, 0.05) is 12.6 Å². The van der Waals surface area contributed by atoms with Crippen LogP contribution in [0.1, 0.15) is 12.5 Å². The number of aliphatic hydroxyl groups is 1. The van der Waals surface area contributed by atoms with Crippen molar-refractivity contribution in [3.8, 4) is 0 Å². The Morgan fingerprint density at radius 1 is 1.60 bits per heavy atom. The maximum absolute atomic E-state index is 13.0. The molecule has 4 nitrogen and oxygen atoms in total. The summed E-state index contributed by atoms with van der Waals surface area (Å²) in [6.07, 6.45) is 2.67. The molecule has 2 atom stereocenters. The molecule has 0 radical (unpaired) electrons. The van der Waals surface area contributed by atoms with E-state index in [-0.39, 0.29) is 30.5 Å². The molecular weight excluding hydrogens is 261 g/mol. The van der Waals surface area contributed by atoms with Gasteiger partial charge in [0.2, 0.25) is 5.91 Å². The van der Waals surface area contributed by atoms with Crippen molar-refractivity contribution in [1.82, 2.24) is 4.90 Å². The van der Waals surface area contributed by atoms with E-state index in [0.29, 0.717) is 18.7 Å². The molecule has 1 fully saturated rings. The van der Waals surface area contributed by atoms with Crippen molar-refractivity contribution in [2.24, 2.45) is 0 Å². The first kappa shape index (κ1) is 14.7. The maximum Gasteiger partial charge on any atom is 0.246 e. The Bertz CT molecular complexity index is 504. The number of amides is 1. The zero-order valence-electron chi connectivity index (χ0n) is 11.3. The highest BCUT2D eigenvalue weighted by Crippen LogP contribution is 2.13. The second-order valence-corrected chi connectivity index (χ2v) is 4.87. The molecule has 1 aromatic carbocycles. The Morgan fingerprint density at radius 3 is 3.10 bits per heavy atom. The van der Waals surface area contributed by atoms with Gasteiger partial charge in [0.1, 0.15) is 5.82 Å². The van der Waals surface area contributed by atoms with Crippen LogP contribution in [0.4, 0.5) is 4.39 Å². The van der Waals surface area contributed by atoms with Crippen molar-refractivity contribution < 1.29 is 19.0 Å². The van der Waals surface area contributed by atoms with E-state index in [1.807, 2.05) is 6.92 Å². The summed E-state index contributed by atoms with van der Waals surface area (Å²) in [5, 5.41) is 9.09. The van der Waals surface area contributed by atoms with Gasteiger partial charge in [-0.05, 0) is 30.7 Å². The van der Waals surface area contributed by atoms with Crippen molar-refractivity contribution in [2.45, 2.75) is 19.1 Å². The van der Waals surface area contributed by atoms with Gasteiger partial charge in [0.15, 0.2) is 0 Å².